The first-order valence-corrected chi connectivity index (χ1v) is 4.09. The third-order valence-electron chi connectivity index (χ3n) is 1.60. The zero-order valence-corrected chi connectivity index (χ0v) is 7.53. The molecular formula is C8H16O3. The van der Waals surface area contributed by atoms with Crippen molar-refractivity contribution in [2.45, 2.75) is 40.3 Å². The quantitative estimate of drug-likeness (QED) is 0.578. The molecule has 1 aliphatic rings. The molecule has 11 heavy (non-hydrogen) atoms. The summed E-state index contributed by atoms with van der Waals surface area (Å²) in [7, 11) is 0. The molecule has 0 radical (unpaired) electrons. The Bertz CT molecular complexity index is 109. The highest BCUT2D eigenvalue weighted by Crippen LogP contribution is 2.23. The molecular weight excluding hydrogens is 144 g/mol. The Morgan fingerprint density at radius 2 is 1.18 bits per heavy atom. The van der Waals surface area contributed by atoms with Crippen LogP contribution in [0, 0.1) is 11.8 Å². The SMILES string of the molecule is CC(C)C1OOC(C(C)C)O1. The number of hydrogen-bond acceptors (Lipinski definition) is 3. The van der Waals surface area contributed by atoms with Crippen LogP contribution >= 0.6 is 0 Å². The molecule has 3 heteroatoms. The smallest absolute Gasteiger partial charge is 0.196 e. The molecule has 0 bridgehead atoms. The Morgan fingerprint density at radius 3 is 1.36 bits per heavy atom. The standard InChI is InChI=1S/C8H16O3/c1-5(2)7-9-8(6(3)4)11-10-7/h5-8H,1-4H3. The molecule has 0 saturated carbocycles. The van der Waals surface area contributed by atoms with Crippen LogP contribution < -0.4 is 0 Å². The maximum Gasteiger partial charge on any atom is 0.196 e. The van der Waals surface area contributed by atoms with Crippen molar-refractivity contribution in [3.8, 4) is 0 Å². The van der Waals surface area contributed by atoms with Crippen LogP contribution in [-0.4, -0.2) is 12.6 Å². The summed E-state index contributed by atoms with van der Waals surface area (Å²) in [6.45, 7) is 8.15. The maximum absolute atomic E-state index is 5.44. The zero-order chi connectivity index (χ0) is 8.43. The fourth-order valence-corrected chi connectivity index (χ4v) is 0.824. The highest BCUT2D eigenvalue weighted by atomic mass is 17.3. The summed E-state index contributed by atoms with van der Waals surface area (Å²) < 4.78 is 5.44. The van der Waals surface area contributed by atoms with Gasteiger partial charge in [-0.15, -0.1) is 0 Å². The van der Waals surface area contributed by atoms with E-state index in [0.29, 0.717) is 11.8 Å². The van der Waals surface area contributed by atoms with Crippen molar-refractivity contribution in [1.29, 1.82) is 0 Å². The zero-order valence-electron chi connectivity index (χ0n) is 7.53. The fourth-order valence-electron chi connectivity index (χ4n) is 0.824. The minimum Gasteiger partial charge on any atom is -0.317 e. The average Bonchev–Trinajstić information content (AvgIpc) is 2.33. The minimum atomic E-state index is -0.192. The Balaban J connectivity index is 2.35. The monoisotopic (exact) mass is 160 g/mol. The van der Waals surface area contributed by atoms with Gasteiger partial charge in [0.2, 0.25) is 0 Å². The third-order valence-corrected chi connectivity index (χ3v) is 1.60. The van der Waals surface area contributed by atoms with Crippen molar-refractivity contribution < 1.29 is 14.5 Å². The molecule has 1 rings (SSSR count). The summed E-state index contributed by atoms with van der Waals surface area (Å²) in [6, 6.07) is 0. The molecule has 0 amide bonds. The van der Waals surface area contributed by atoms with Crippen molar-refractivity contribution in [2.75, 3.05) is 0 Å². The molecule has 1 aliphatic heterocycles. The molecule has 0 N–H and O–H groups in total. The summed E-state index contributed by atoms with van der Waals surface area (Å²) in [6.07, 6.45) is -0.384. The Labute approximate surface area is 67.6 Å². The van der Waals surface area contributed by atoms with Crippen LogP contribution in [0.2, 0.25) is 0 Å². The lowest BCUT2D eigenvalue weighted by atomic mass is 10.2. The topological polar surface area (TPSA) is 27.7 Å². The lowest BCUT2D eigenvalue weighted by molar-refractivity contribution is -0.307. The van der Waals surface area contributed by atoms with Crippen molar-refractivity contribution in [3.63, 3.8) is 0 Å². The number of hydrogen-bond donors (Lipinski definition) is 0. The molecule has 0 aliphatic carbocycles. The van der Waals surface area contributed by atoms with Gasteiger partial charge in [-0.25, -0.2) is 9.78 Å². The van der Waals surface area contributed by atoms with Gasteiger partial charge in [-0.3, -0.25) is 0 Å². The highest BCUT2D eigenvalue weighted by molar-refractivity contribution is 4.57. The van der Waals surface area contributed by atoms with Gasteiger partial charge in [0.25, 0.3) is 0 Å². The fraction of sp³-hybridized carbons (Fsp3) is 1.00. The van der Waals surface area contributed by atoms with E-state index in [0.717, 1.165) is 0 Å². The van der Waals surface area contributed by atoms with E-state index in [9.17, 15) is 0 Å². The molecule has 1 fully saturated rings. The molecule has 2 unspecified atom stereocenters. The van der Waals surface area contributed by atoms with E-state index in [1.54, 1.807) is 0 Å². The molecule has 0 spiro atoms. The van der Waals surface area contributed by atoms with Gasteiger partial charge in [-0.1, -0.05) is 27.7 Å². The lowest BCUT2D eigenvalue weighted by Gasteiger charge is -2.12. The summed E-state index contributed by atoms with van der Waals surface area (Å²) in [5, 5.41) is 0. The Morgan fingerprint density at radius 1 is 0.818 bits per heavy atom. The number of rotatable bonds is 2. The maximum atomic E-state index is 5.44. The summed E-state index contributed by atoms with van der Waals surface area (Å²) in [4.78, 5) is 9.93. The van der Waals surface area contributed by atoms with Gasteiger partial charge in [0.15, 0.2) is 12.6 Å². The van der Waals surface area contributed by atoms with E-state index in [-0.39, 0.29) is 12.6 Å². The second-order valence-corrected chi connectivity index (χ2v) is 3.55. The van der Waals surface area contributed by atoms with Gasteiger partial charge in [-0.2, -0.15) is 0 Å². The normalized spacial score (nSPS) is 32.2. The largest absolute Gasteiger partial charge is 0.317 e. The molecule has 0 aromatic heterocycles. The van der Waals surface area contributed by atoms with Gasteiger partial charge in [0, 0.05) is 11.8 Å². The van der Waals surface area contributed by atoms with Gasteiger partial charge < -0.3 is 4.74 Å². The summed E-state index contributed by atoms with van der Waals surface area (Å²) in [5.74, 6) is 0.692. The second-order valence-electron chi connectivity index (χ2n) is 3.55. The predicted molar refractivity (Wildman–Crippen MR) is 40.5 cm³/mol. The summed E-state index contributed by atoms with van der Waals surface area (Å²) >= 11 is 0. The molecule has 0 aromatic rings. The molecule has 1 saturated heterocycles. The predicted octanol–water partition coefficient (Wildman–Crippen LogP) is 1.93. The van der Waals surface area contributed by atoms with E-state index in [2.05, 4.69) is 0 Å². The van der Waals surface area contributed by atoms with Gasteiger partial charge in [-0.05, 0) is 0 Å². The molecule has 3 nitrogen and oxygen atoms in total. The van der Waals surface area contributed by atoms with Crippen molar-refractivity contribution in [1.82, 2.24) is 0 Å². The first-order valence-electron chi connectivity index (χ1n) is 4.09. The van der Waals surface area contributed by atoms with E-state index in [1.807, 2.05) is 27.7 Å². The lowest BCUT2D eigenvalue weighted by Crippen LogP contribution is -2.20. The van der Waals surface area contributed by atoms with Crippen LogP contribution in [0.4, 0.5) is 0 Å². The van der Waals surface area contributed by atoms with Gasteiger partial charge in [0.05, 0.1) is 0 Å². The number of ether oxygens (including phenoxy) is 1. The Kier molecular flexibility index (Phi) is 2.87. The van der Waals surface area contributed by atoms with E-state index >= 15 is 0 Å². The van der Waals surface area contributed by atoms with Crippen LogP contribution in [0.5, 0.6) is 0 Å². The Hall–Kier alpha value is -0.120. The first-order chi connectivity index (χ1) is 5.11. The van der Waals surface area contributed by atoms with Crippen LogP contribution in [0.15, 0.2) is 0 Å². The summed E-state index contributed by atoms with van der Waals surface area (Å²) in [5.41, 5.74) is 0. The van der Waals surface area contributed by atoms with Crippen LogP contribution in [-0.2, 0) is 14.5 Å². The van der Waals surface area contributed by atoms with Crippen LogP contribution in [0.1, 0.15) is 27.7 Å². The average molecular weight is 160 g/mol. The van der Waals surface area contributed by atoms with Crippen molar-refractivity contribution in [2.24, 2.45) is 11.8 Å². The second kappa shape index (κ2) is 3.52. The third kappa shape index (κ3) is 2.15. The van der Waals surface area contributed by atoms with E-state index < -0.39 is 0 Å². The molecule has 0 aromatic carbocycles. The minimum absolute atomic E-state index is 0.192. The molecule has 2 atom stereocenters. The highest BCUT2D eigenvalue weighted by Gasteiger charge is 2.31. The van der Waals surface area contributed by atoms with Crippen molar-refractivity contribution in [3.05, 3.63) is 0 Å². The van der Waals surface area contributed by atoms with Crippen LogP contribution in [0.25, 0.3) is 0 Å². The van der Waals surface area contributed by atoms with Gasteiger partial charge >= 0.3 is 0 Å². The van der Waals surface area contributed by atoms with Crippen LogP contribution in [0.3, 0.4) is 0 Å². The van der Waals surface area contributed by atoms with Gasteiger partial charge in [0.1, 0.15) is 0 Å². The van der Waals surface area contributed by atoms with Crippen molar-refractivity contribution >= 4 is 0 Å². The van der Waals surface area contributed by atoms with E-state index in [1.165, 1.54) is 0 Å². The van der Waals surface area contributed by atoms with E-state index in [4.69, 9.17) is 14.5 Å². The molecule has 1 heterocycles. The molecule has 66 valence electrons. The first kappa shape index (κ1) is 8.97.